The molecule has 0 aliphatic carbocycles. The number of methoxy groups -OCH3 is 1. The van der Waals surface area contributed by atoms with Gasteiger partial charge in [0.25, 0.3) is 0 Å². The Balaban J connectivity index is 1.58. The molecule has 0 unspecified atom stereocenters. The van der Waals surface area contributed by atoms with Crippen LogP contribution in [0.15, 0.2) is 36.5 Å². The minimum Gasteiger partial charge on any atom is -0.474 e. The number of hydrogen-bond acceptors (Lipinski definition) is 5. The maximum absolute atomic E-state index is 12.0. The Morgan fingerprint density at radius 3 is 2.85 bits per heavy atom. The molecule has 0 radical (unpaired) electrons. The molecule has 1 aromatic carbocycles. The zero-order valence-electron chi connectivity index (χ0n) is 14.1. The first kappa shape index (κ1) is 18.0. The number of amides is 2. The van der Waals surface area contributed by atoms with E-state index >= 15 is 0 Å². The molecule has 9 heteroatoms. The number of fused-ring (bicyclic) bond motifs is 1. The molecule has 3 aromatic rings. The number of aromatic amines is 1. The van der Waals surface area contributed by atoms with Crippen LogP contribution in [-0.2, 0) is 11.3 Å². The van der Waals surface area contributed by atoms with Crippen LogP contribution in [0.5, 0.6) is 5.88 Å². The highest BCUT2D eigenvalue weighted by Crippen LogP contribution is 2.23. The molecule has 2 heterocycles. The van der Waals surface area contributed by atoms with Crippen LogP contribution in [0.1, 0.15) is 5.56 Å². The highest BCUT2D eigenvalue weighted by atomic mass is 35.5. The third kappa shape index (κ3) is 4.62. The fraction of sp³-hybridized carbons (Fsp3) is 0.235. The largest absolute Gasteiger partial charge is 0.474 e. The maximum atomic E-state index is 12.0. The topological polar surface area (TPSA) is 101 Å². The van der Waals surface area contributed by atoms with Crippen molar-refractivity contribution in [1.29, 1.82) is 0 Å². The van der Waals surface area contributed by atoms with E-state index in [0.717, 1.165) is 10.9 Å². The SMILES string of the molecule is COCCOc1n[nH]c2cc(NC(=O)NCc3ccc(Cl)cc3)ncc12. The van der Waals surface area contributed by atoms with Crippen molar-refractivity contribution < 1.29 is 14.3 Å². The molecule has 136 valence electrons. The monoisotopic (exact) mass is 375 g/mol. The van der Waals surface area contributed by atoms with E-state index in [0.29, 0.717) is 42.0 Å². The van der Waals surface area contributed by atoms with E-state index in [9.17, 15) is 4.79 Å². The van der Waals surface area contributed by atoms with E-state index in [1.165, 1.54) is 0 Å². The summed E-state index contributed by atoms with van der Waals surface area (Å²) in [5, 5.41) is 13.8. The third-order valence-corrected chi connectivity index (χ3v) is 3.80. The zero-order chi connectivity index (χ0) is 18.4. The quantitative estimate of drug-likeness (QED) is 0.551. The second kappa shape index (κ2) is 8.50. The highest BCUT2D eigenvalue weighted by Gasteiger charge is 2.10. The lowest BCUT2D eigenvalue weighted by molar-refractivity contribution is 0.144. The molecule has 8 nitrogen and oxygen atoms in total. The molecule has 26 heavy (non-hydrogen) atoms. The zero-order valence-corrected chi connectivity index (χ0v) is 14.8. The van der Waals surface area contributed by atoms with E-state index in [1.807, 2.05) is 12.1 Å². The molecule has 2 aromatic heterocycles. The maximum Gasteiger partial charge on any atom is 0.320 e. The van der Waals surface area contributed by atoms with E-state index < -0.39 is 0 Å². The molecule has 0 saturated heterocycles. The van der Waals surface area contributed by atoms with Gasteiger partial charge in [-0.25, -0.2) is 9.78 Å². The van der Waals surface area contributed by atoms with E-state index in [2.05, 4.69) is 25.8 Å². The van der Waals surface area contributed by atoms with Crippen LogP contribution < -0.4 is 15.4 Å². The highest BCUT2D eigenvalue weighted by molar-refractivity contribution is 6.30. The number of rotatable bonds is 7. The summed E-state index contributed by atoms with van der Waals surface area (Å²) in [6.45, 7) is 1.24. The minimum atomic E-state index is -0.358. The number of urea groups is 1. The van der Waals surface area contributed by atoms with Gasteiger partial charge in [0.15, 0.2) is 0 Å². The van der Waals surface area contributed by atoms with Gasteiger partial charge in [0.05, 0.1) is 17.5 Å². The summed E-state index contributed by atoms with van der Waals surface area (Å²) in [5.74, 6) is 0.849. The fourth-order valence-electron chi connectivity index (χ4n) is 2.23. The number of nitrogens with zero attached hydrogens (tertiary/aromatic N) is 2. The Hall–Kier alpha value is -2.84. The number of ether oxygens (including phenoxy) is 2. The molecular formula is C17H18ClN5O3. The Morgan fingerprint density at radius 1 is 1.27 bits per heavy atom. The van der Waals surface area contributed by atoms with Gasteiger partial charge >= 0.3 is 6.03 Å². The Kier molecular flexibility index (Phi) is 5.88. The number of carbonyl (C=O) groups is 1. The van der Waals surface area contributed by atoms with E-state index in [1.54, 1.807) is 31.5 Å². The second-order valence-corrected chi connectivity index (χ2v) is 5.86. The molecule has 3 rings (SSSR count). The Morgan fingerprint density at radius 2 is 2.08 bits per heavy atom. The van der Waals surface area contributed by atoms with Crippen LogP contribution in [0.25, 0.3) is 10.9 Å². The fourth-order valence-corrected chi connectivity index (χ4v) is 2.36. The minimum absolute atomic E-state index is 0.358. The number of pyridine rings is 1. The molecule has 0 aliphatic rings. The summed E-state index contributed by atoms with van der Waals surface area (Å²) < 4.78 is 10.4. The lowest BCUT2D eigenvalue weighted by atomic mass is 10.2. The number of aromatic nitrogens is 3. The van der Waals surface area contributed by atoms with Gasteiger partial charge in [-0.05, 0) is 17.7 Å². The number of nitrogens with one attached hydrogen (secondary N) is 3. The molecule has 0 atom stereocenters. The van der Waals surface area contributed by atoms with Gasteiger partial charge in [0.1, 0.15) is 12.4 Å². The molecule has 3 N–H and O–H groups in total. The van der Waals surface area contributed by atoms with Crippen LogP contribution in [-0.4, -0.2) is 41.5 Å². The van der Waals surface area contributed by atoms with Gasteiger partial charge in [-0.1, -0.05) is 23.7 Å². The summed E-state index contributed by atoms with van der Waals surface area (Å²) in [5.41, 5.74) is 1.65. The molecule has 0 spiro atoms. The number of halogens is 1. The van der Waals surface area contributed by atoms with Crippen LogP contribution in [0.2, 0.25) is 5.02 Å². The molecule has 0 aliphatic heterocycles. The van der Waals surface area contributed by atoms with Crippen molar-refractivity contribution in [3.8, 4) is 5.88 Å². The van der Waals surface area contributed by atoms with Gasteiger partial charge in [-0.2, -0.15) is 0 Å². The number of hydrogen-bond donors (Lipinski definition) is 3. The summed E-state index contributed by atoms with van der Waals surface area (Å²) in [6.07, 6.45) is 1.59. The Bertz CT molecular complexity index is 882. The predicted molar refractivity (Wildman–Crippen MR) is 98.6 cm³/mol. The Labute approximate surface area is 154 Å². The lowest BCUT2D eigenvalue weighted by Crippen LogP contribution is -2.28. The van der Waals surface area contributed by atoms with Gasteiger partial charge in [-0.3, -0.25) is 10.4 Å². The number of carbonyl (C=O) groups excluding carboxylic acids is 1. The van der Waals surface area contributed by atoms with Crippen LogP contribution >= 0.6 is 11.6 Å². The first-order valence-electron chi connectivity index (χ1n) is 7.91. The van der Waals surface area contributed by atoms with Gasteiger partial charge in [0.2, 0.25) is 5.88 Å². The summed E-state index contributed by atoms with van der Waals surface area (Å²) in [6, 6.07) is 8.58. The average Bonchev–Trinajstić information content (AvgIpc) is 3.04. The third-order valence-electron chi connectivity index (χ3n) is 3.55. The average molecular weight is 376 g/mol. The van der Waals surface area contributed by atoms with Crippen molar-refractivity contribution in [2.75, 3.05) is 25.6 Å². The van der Waals surface area contributed by atoms with Crippen LogP contribution in [0, 0.1) is 0 Å². The smallest absolute Gasteiger partial charge is 0.320 e. The van der Waals surface area contributed by atoms with Crippen molar-refractivity contribution in [3.05, 3.63) is 47.1 Å². The van der Waals surface area contributed by atoms with Crippen molar-refractivity contribution in [1.82, 2.24) is 20.5 Å². The molecule has 0 fully saturated rings. The number of H-pyrrole nitrogens is 1. The first-order valence-corrected chi connectivity index (χ1v) is 8.28. The van der Waals surface area contributed by atoms with Gasteiger partial charge < -0.3 is 14.8 Å². The van der Waals surface area contributed by atoms with E-state index in [-0.39, 0.29) is 6.03 Å². The number of anilines is 1. The van der Waals surface area contributed by atoms with Gasteiger partial charge in [-0.15, -0.1) is 5.10 Å². The first-order chi connectivity index (χ1) is 12.7. The van der Waals surface area contributed by atoms with Gasteiger partial charge in [0, 0.05) is 30.9 Å². The van der Waals surface area contributed by atoms with Crippen LogP contribution in [0.4, 0.5) is 10.6 Å². The van der Waals surface area contributed by atoms with Crippen molar-refractivity contribution >= 4 is 34.4 Å². The predicted octanol–water partition coefficient (Wildman–Crippen LogP) is 2.96. The summed E-state index contributed by atoms with van der Waals surface area (Å²) in [4.78, 5) is 16.2. The summed E-state index contributed by atoms with van der Waals surface area (Å²) >= 11 is 5.84. The summed E-state index contributed by atoms with van der Waals surface area (Å²) in [7, 11) is 1.60. The van der Waals surface area contributed by atoms with E-state index in [4.69, 9.17) is 21.1 Å². The lowest BCUT2D eigenvalue weighted by Gasteiger charge is -2.07. The molecule has 0 saturated carbocycles. The van der Waals surface area contributed by atoms with Crippen molar-refractivity contribution in [2.45, 2.75) is 6.54 Å². The normalized spacial score (nSPS) is 10.7. The van der Waals surface area contributed by atoms with Crippen molar-refractivity contribution in [2.24, 2.45) is 0 Å². The number of benzene rings is 1. The molecular weight excluding hydrogens is 358 g/mol. The van der Waals surface area contributed by atoms with Crippen LogP contribution in [0.3, 0.4) is 0 Å². The molecule has 0 bridgehead atoms. The second-order valence-electron chi connectivity index (χ2n) is 5.42. The standard InChI is InChI=1S/C17H18ClN5O3/c1-25-6-7-26-16-13-10-19-15(8-14(13)22-23-16)21-17(24)20-9-11-2-4-12(18)5-3-11/h2-5,8,10H,6-7,9H2,1H3,(H,22,23)(H2,19,20,21,24). The van der Waals surface area contributed by atoms with Crippen molar-refractivity contribution in [3.63, 3.8) is 0 Å². The molecule has 2 amide bonds.